The lowest BCUT2D eigenvalue weighted by Crippen LogP contribution is -2.44. The van der Waals surface area contributed by atoms with Crippen molar-refractivity contribution >= 4 is 5.91 Å². The van der Waals surface area contributed by atoms with Crippen LogP contribution in [0.25, 0.3) is 0 Å². The molecule has 27 heavy (non-hydrogen) atoms. The van der Waals surface area contributed by atoms with Crippen molar-refractivity contribution in [3.05, 3.63) is 66.0 Å². The first-order valence-corrected chi connectivity index (χ1v) is 9.63. The first kappa shape index (κ1) is 19.4. The van der Waals surface area contributed by atoms with Crippen molar-refractivity contribution < 1.29 is 13.9 Å². The fourth-order valence-corrected chi connectivity index (χ4v) is 3.36. The van der Waals surface area contributed by atoms with E-state index in [0.29, 0.717) is 25.2 Å². The van der Waals surface area contributed by atoms with E-state index in [4.69, 9.17) is 4.74 Å². The number of benzene rings is 2. The van der Waals surface area contributed by atoms with Gasteiger partial charge < -0.3 is 10.1 Å². The van der Waals surface area contributed by atoms with Gasteiger partial charge in [-0.1, -0.05) is 36.4 Å². The summed E-state index contributed by atoms with van der Waals surface area (Å²) >= 11 is 0. The molecule has 5 heteroatoms. The van der Waals surface area contributed by atoms with E-state index in [1.165, 1.54) is 17.7 Å². The average Bonchev–Trinajstić information content (AvgIpc) is 2.68. The summed E-state index contributed by atoms with van der Waals surface area (Å²) in [6.07, 6.45) is 3.02. The summed E-state index contributed by atoms with van der Waals surface area (Å²) in [7, 11) is 0. The number of hydrogen-bond donors (Lipinski definition) is 1. The predicted octanol–water partition coefficient (Wildman–Crippen LogP) is 3.77. The lowest BCUT2D eigenvalue weighted by Gasteiger charge is -2.32. The zero-order valence-corrected chi connectivity index (χ0v) is 15.6. The van der Waals surface area contributed by atoms with E-state index < -0.39 is 0 Å². The van der Waals surface area contributed by atoms with Crippen LogP contribution in [0.1, 0.15) is 31.2 Å². The molecule has 144 valence electrons. The molecule has 2 aromatic carbocycles. The molecule has 0 saturated carbocycles. The highest BCUT2D eigenvalue weighted by molar-refractivity contribution is 5.76. The SMILES string of the molecule is O=C(CCCOc1cccc(F)c1)NC1CCN(Cc2ccccc2)CC1. The number of hydrogen-bond acceptors (Lipinski definition) is 3. The fraction of sp³-hybridized carbons (Fsp3) is 0.409. The monoisotopic (exact) mass is 370 g/mol. The minimum atomic E-state index is -0.316. The van der Waals surface area contributed by atoms with Gasteiger partial charge in [0.15, 0.2) is 0 Å². The summed E-state index contributed by atoms with van der Waals surface area (Å²) in [6, 6.07) is 16.8. The van der Waals surface area contributed by atoms with E-state index >= 15 is 0 Å². The number of nitrogens with zero attached hydrogens (tertiary/aromatic N) is 1. The van der Waals surface area contributed by atoms with Gasteiger partial charge in [-0.15, -0.1) is 0 Å². The molecule has 0 radical (unpaired) electrons. The second kappa shape index (κ2) is 10.1. The highest BCUT2D eigenvalue weighted by Gasteiger charge is 2.20. The van der Waals surface area contributed by atoms with Crippen molar-refractivity contribution in [2.75, 3.05) is 19.7 Å². The summed E-state index contributed by atoms with van der Waals surface area (Å²) in [5, 5.41) is 3.13. The Morgan fingerprint density at radius 2 is 1.89 bits per heavy atom. The summed E-state index contributed by atoms with van der Waals surface area (Å²) in [4.78, 5) is 14.5. The molecule has 1 amide bonds. The zero-order chi connectivity index (χ0) is 18.9. The molecule has 0 aromatic heterocycles. The van der Waals surface area contributed by atoms with Gasteiger partial charge in [0.25, 0.3) is 0 Å². The Bertz CT molecular complexity index is 715. The molecule has 1 fully saturated rings. The highest BCUT2D eigenvalue weighted by atomic mass is 19.1. The third-order valence-electron chi connectivity index (χ3n) is 4.81. The summed E-state index contributed by atoms with van der Waals surface area (Å²) in [6.45, 7) is 3.39. The smallest absolute Gasteiger partial charge is 0.220 e. The number of likely N-dealkylation sites (tertiary alicyclic amines) is 1. The van der Waals surface area contributed by atoms with Crippen LogP contribution >= 0.6 is 0 Å². The van der Waals surface area contributed by atoms with Crippen LogP contribution in [-0.2, 0) is 11.3 Å². The van der Waals surface area contributed by atoms with E-state index in [9.17, 15) is 9.18 Å². The van der Waals surface area contributed by atoms with Crippen molar-refractivity contribution in [2.45, 2.75) is 38.3 Å². The van der Waals surface area contributed by atoms with Crippen molar-refractivity contribution in [2.24, 2.45) is 0 Å². The molecule has 0 bridgehead atoms. The third-order valence-corrected chi connectivity index (χ3v) is 4.81. The molecular weight excluding hydrogens is 343 g/mol. The fourth-order valence-electron chi connectivity index (χ4n) is 3.36. The number of carbonyl (C=O) groups excluding carboxylic acids is 1. The number of halogens is 1. The van der Waals surface area contributed by atoms with Gasteiger partial charge in [-0.2, -0.15) is 0 Å². The largest absolute Gasteiger partial charge is 0.493 e. The Balaban J connectivity index is 1.29. The maximum absolute atomic E-state index is 13.1. The van der Waals surface area contributed by atoms with Crippen LogP contribution in [0.5, 0.6) is 5.75 Å². The maximum atomic E-state index is 13.1. The molecule has 0 aliphatic carbocycles. The molecular formula is C22H27FN2O2. The Hall–Kier alpha value is -2.40. The van der Waals surface area contributed by atoms with Gasteiger partial charge in [0.1, 0.15) is 11.6 Å². The summed E-state index contributed by atoms with van der Waals surface area (Å²) in [5.41, 5.74) is 1.33. The minimum Gasteiger partial charge on any atom is -0.493 e. The van der Waals surface area contributed by atoms with Gasteiger partial charge in [0.2, 0.25) is 5.91 Å². The van der Waals surface area contributed by atoms with Crippen molar-refractivity contribution in [3.63, 3.8) is 0 Å². The molecule has 4 nitrogen and oxygen atoms in total. The Labute approximate surface area is 160 Å². The van der Waals surface area contributed by atoms with E-state index in [-0.39, 0.29) is 17.8 Å². The molecule has 1 N–H and O–H groups in total. The molecule has 1 aliphatic rings. The Morgan fingerprint density at radius 3 is 2.63 bits per heavy atom. The van der Waals surface area contributed by atoms with Gasteiger partial charge >= 0.3 is 0 Å². The second-order valence-electron chi connectivity index (χ2n) is 7.01. The molecule has 1 aliphatic heterocycles. The van der Waals surface area contributed by atoms with Crippen LogP contribution in [0.4, 0.5) is 4.39 Å². The first-order valence-electron chi connectivity index (χ1n) is 9.63. The van der Waals surface area contributed by atoms with E-state index in [0.717, 1.165) is 32.5 Å². The third kappa shape index (κ3) is 6.68. The predicted molar refractivity (Wildman–Crippen MR) is 104 cm³/mol. The Morgan fingerprint density at radius 1 is 1.11 bits per heavy atom. The number of rotatable bonds is 8. The molecule has 2 aromatic rings. The summed E-state index contributed by atoms with van der Waals surface area (Å²) in [5.74, 6) is 0.254. The average molecular weight is 370 g/mol. The molecule has 1 saturated heterocycles. The van der Waals surface area contributed by atoms with Gasteiger partial charge in [0, 0.05) is 38.2 Å². The van der Waals surface area contributed by atoms with Crippen LogP contribution in [0.3, 0.4) is 0 Å². The van der Waals surface area contributed by atoms with Crippen LogP contribution in [0, 0.1) is 5.82 Å². The first-order chi connectivity index (χ1) is 13.2. The number of piperidine rings is 1. The number of carbonyl (C=O) groups is 1. The van der Waals surface area contributed by atoms with E-state index in [1.54, 1.807) is 12.1 Å². The molecule has 0 spiro atoms. The van der Waals surface area contributed by atoms with E-state index in [2.05, 4.69) is 34.5 Å². The topological polar surface area (TPSA) is 41.6 Å². The second-order valence-corrected chi connectivity index (χ2v) is 7.01. The quantitative estimate of drug-likeness (QED) is 0.720. The van der Waals surface area contributed by atoms with Crippen molar-refractivity contribution in [1.82, 2.24) is 10.2 Å². The van der Waals surface area contributed by atoms with Gasteiger partial charge in [0.05, 0.1) is 6.61 Å². The van der Waals surface area contributed by atoms with Gasteiger partial charge in [-0.05, 0) is 37.0 Å². The number of amides is 1. The minimum absolute atomic E-state index is 0.0688. The molecule has 3 rings (SSSR count). The van der Waals surface area contributed by atoms with E-state index in [1.807, 2.05) is 6.07 Å². The lowest BCUT2D eigenvalue weighted by molar-refractivity contribution is -0.122. The summed E-state index contributed by atoms with van der Waals surface area (Å²) < 4.78 is 18.5. The number of ether oxygens (including phenoxy) is 1. The lowest BCUT2D eigenvalue weighted by atomic mass is 10.0. The van der Waals surface area contributed by atoms with Crippen LogP contribution in [-0.4, -0.2) is 36.5 Å². The standard InChI is InChI=1S/C22H27FN2O2/c23-19-8-4-9-21(16-19)27-15-5-10-22(26)24-20-11-13-25(14-12-20)17-18-6-2-1-3-7-18/h1-4,6-9,16,20H,5,10-15,17H2,(H,24,26). The van der Waals surface area contributed by atoms with Gasteiger partial charge in [-0.3, -0.25) is 9.69 Å². The zero-order valence-electron chi connectivity index (χ0n) is 15.6. The molecule has 0 atom stereocenters. The Kier molecular flexibility index (Phi) is 7.22. The number of nitrogens with one attached hydrogen (secondary N) is 1. The molecule has 0 unspecified atom stereocenters. The van der Waals surface area contributed by atoms with Crippen molar-refractivity contribution in [1.29, 1.82) is 0 Å². The highest BCUT2D eigenvalue weighted by Crippen LogP contribution is 2.15. The van der Waals surface area contributed by atoms with Crippen molar-refractivity contribution in [3.8, 4) is 5.75 Å². The maximum Gasteiger partial charge on any atom is 0.220 e. The normalized spacial score (nSPS) is 15.4. The van der Waals surface area contributed by atoms with Crippen LogP contribution < -0.4 is 10.1 Å². The van der Waals surface area contributed by atoms with Gasteiger partial charge in [-0.25, -0.2) is 4.39 Å². The van der Waals surface area contributed by atoms with Crippen LogP contribution in [0.15, 0.2) is 54.6 Å². The van der Waals surface area contributed by atoms with Crippen LogP contribution in [0.2, 0.25) is 0 Å². The molecule has 1 heterocycles.